The van der Waals surface area contributed by atoms with Crippen molar-refractivity contribution in [2.24, 2.45) is 0 Å². The molecule has 0 aromatic rings. The van der Waals surface area contributed by atoms with Gasteiger partial charge in [-0.05, 0) is 0 Å². The van der Waals surface area contributed by atoms with Gasteiger partial charge in [0.25, 0.3) is 0 Å². The van der Waals surface area contributed by atoms with Gasteiger partial charge in [0, 0.05) is 0 Å². The average molecular weight is 296 g/mol. The van der Waals surface area contributed by atoms with E-state index in [1.165, 1.54) is 0 Å². The van der Waals surface area contributed by atoms with Crippen LogP contribution in [0.1, 0.15) is 0 Å². The topological polar surface area (TPSA) is 191 Å². The first-order valence-corrected chi connectivity index (χ1v) is 5.44. The third-order valence-electron chi connectivity index (χ3n) is 1.48. The Morgan fingerprint density at radius 3 is 2.00 bits per heavy atom. The first kappa shape index (κ1) is 19.9. The number of rotatable bonds is 2. The molecule has 12 heteroatoms. The molecule has 18 heavy (non-hydrogen) atoms. The van der Waals surface area contributed by atoms with Gasteiger partial charge in [-0.1, -0.05) is 0 Å². The Hall–Kier alpha value is -0.394. The fourth-order valence-electron chi connectivity index (χ4n) is 0.823. The molecule has 1 heterocycles. The van der Waals surface area contributed by atoms with Crippen LogP contribution in [-0.4, -0.2) is 73.2 Å². The van der Waals surface area contributed by atoms with E-state index in [1.54, 1.807) is 0 Å². The Morgan fingerprint density at radius 2 is 1.78 bits per heavy atom. The van der Waals surface area contributed by atoms with Gasteiger partial charge >= 0.3 is 29.0 Å². The largest absolute Gasteiger partial charge is 2.00 e. The second-order valence-corrected chi connectivity index (χ2v) is 3.72. The van der Waals surface area contributed by atoms with E-state index in [-0.39, 0.29) is 23.1 Å². The number of aliphatic hydroxyl groups excluding tert-OH is 4. The van der Waals surface area contributed by atoms with Gasteiger partial charge in [0.1, 0.15) is 6.10 Å². The second-order valence-electron chi connectivity index (χ2n) is 2.78. The zero-order valence-electron chi connectivity index (χ0n) is 8.79. The zero-order chi connectivity index (χ0) is 13.8. The molecule has 0 fully saturated rings. The third kappa shape index (κ3) is 7.13. The van der Waals surface area contributed by atoms with Crippen LogP contribution in [0, 0.1) is 0 Å². The number of aliphatic hydroxyl groups is 4. The number of carbonyl (C=O) groups is 1. The first-order chi connectivity index (χ1) is 7.57. The van der Waals surface area contributed by atoms with Gasteiger partial charge in [0.2, 0.25) is 5.76 Å². The quantitative estimate of drug-likeness (QED) is 0.191. The van der Waals surface area contributed by atoms with Crippen LogP contribution in [0.25, 0.3) is 0 Å². The molecule has 0 radical (unpaired) electrons. The summed E-state index contributed by atoms with van der Waals surface area (Å²) in [6, 6.07) is 0. The fourth-order valence-corrected chi connectivity index (χ4v) is 0.823. The summed E-state index contributed by atoms with van der Waals surface area (Å²) in [5, 5.41) is 35.0. The summed E-state index contributed by atoms with van der Waals surface area (Å²) >= 11 is 0. The summed E-state index contributed by atoms with van der Waals surface area (Å²) in [7, 11) is -5.14. The van der Waals surface area contributed by atoms with E-state index in [2.05, 4.69) is 4.74 Å². The number of hydrogen-bond donors (Lipinski definition) is 5. The molecule has 10 nitrogen and oxygen atoms in total. The van der Waals surface area contributed by atoms with Crippen molar-refractivity contribution < 1.29 is 49.2 Å². The number of cyclic esters (lactones) is 1. The molecule has 5 N–H and O–H groups in total. The predicted molar refractivity (Wildman–Crippen MR) is 50.8 cm³/mol. The summed E-state index contributed by atoms with van der Waals surface area (Å²) in [6.45, 7) is -0.671. The smallest absolute Gasteiger partial charge is 0.790 e. The second kappa shape index (κ2) is 7.91. The third-order valence-corrected chi connectivity index (χ3v) is 1.48. The van der Waals surface area contributed by atoms with Crippen molar-refractivity contribution in [3.63, 3.8) is 0 Å². The number of carbonyl (C=O) groups excluding carboxylic acids is 1. The molecular formula is C6H9MgO10P. The molecule has 0 saturated heterocycles. The maximum absolute atomic E-state index is 10.5. The van der Waals surface area contributed by atoms with Crippen LogP contribution in [0.3, 0.4) is 0 Å². The Balaban J connectivity index is 0. The van der Waals surface area contributed by atoms with Crippen LogP contribution >= 0.6 is 7.82 Å². The first-order valence-electron chi connectivity index (χ1n) is 3.94. The molecule has 1 rings (SSSR count). The van der Waals surface area contributed by atoms with Crippen LogP contribution in [0.2, 0.25) is 0 Å². The minimum Gasteiger partial charge on any atom is -0.790 e. The molecule has 0 aromatic heterocycles. The van der Waals surface area contributed by atoms with Gasteiger partial charge in [0.15, 0.2) is 11.9 Å². The molecule has 0 spiro atoms. The standard InChI is InChI=1S/C6H8O6.Mg.H3O4P/c7-1-2(8)5-3(9)4(10)6(11)12-5;;1-5(2,3)4/h2,5,7-10H,1H2;;(H3,1,2,3,4)/q;+2;/p-2/t2?,5-;;/m1../s1. The van der Waals surface area contributed by atoms with Gasteiger partial charge in [0.05, 0.1) is 14.4 Å². The molecule has 0 bridgehead atoms. The summed E-state index contributed by atoms with van der Waals surface area (Å²) in [5.41, 5.74) is 0. The summed E-state index contributed by atoms with van der Waals surface area (Å²) in [6.07, 6.45) is -2.78. The molecule has 100 valence electrons. The van der Waals surface area contributed by atoms with Crippen molar-refractivity contribution >= 4 is 36.8 Å². The van der Waals surface area contributed by atoms with Crippen molar-refractivity contribution in [2.75, 3.05) is 6.61 Å². The summed E-state index contributed by atoms with van der Waals surface area (Å²) in [4.78, 5) is 34.8. The average Bonchev–Trinajstić information content (AvgIpc) is 2.42. The monoisotopic (exact) mass is 296 g/mol. The van der Waals surface area contributed by atoms with Crippen LogP contribution < -0.4 is 9.79 Å². The van der Waals surface area contributed by atoms with Gasteiger partial charge in [-0.3, -0.25) is 0 Å². The molecule has 0 saturated carbocycles. The normalized spacial score (nSPS) is 20.5. The van der Waals surface area contributed by atoms with Gasteiger partial charge < -0.3 is 44.4 Å². The molecular weight excluding hydrogens is 287 g/mol. The van der Waals surface area contributed by atoms with E-state index >= 15 is 0 Å². The Morgan fingerprint density at radius 1 is 1.39 bits per heavy atom. The molecule has 1 unspecified atom stereocenters. The Labute approximate surface area is 117 Å². The van der Waals surface area contributed by atoms with Gasteiger partial charge in [-0.25, -0.2) is 4.79 Å². The SMILES string of the molecule is O=C1O[C@H](C(O)CO)C(O)=C1O.O=P([O-])([O-])O.[Mg+2]. The minimum atomic E-state index is -5.14. The number of ether oxygens (including phenoxy) is 1. The van der Waals surface area contributed by atoms with Crippen LogP contribution in [0.15, 0.2) is 11.5 Å². The van der Waals surface area contributed by atoms with E-state index in [4.69, 9.17) is 39.7 Å². The van der Waals surface area contributed by atoms with Crippen LogP contribution in [0.4, 0.5) is 0 Å². The minimum absolute atomic E-state index is 0. The number of hydrogen-bond acceptors (Lipinski definition) is 9. The molecule has 0 aromatic carbocycles. The summed E-state index contributed by atoms with van der Waals surface area (Å²) < 4.78 is 13.0. The maximum atomic E-state index is 10.5. The molecule has 0 aliphatic carbocycles. The van der Waals surface area contributed by atoms with E-state index in [1.807, 2.05) is 0 Å². The van der Waals surface area contributed by atoms with Crippen molar-refractivity contribution in [1.29, 1.82) is 0 Å². The number of phosphoric acid groups is 1. The number of esters is 1. The van der Waals surface area contributed by atoms with E-state index in [0.29, 0.717) is 0 Å². The van der Waals surface area contributed by atoms with Gasteiger partial charge in [-0.15, -0.1) is 0 Å². The fraction of sp³-hybridized carbons (Fsp3) is 0.500. The van der Waals surface area contributed by atoms with Crippen molar-refractivity contribution in [1.82, 2.24) is 0 Å². The van der Waals surface area contributed by atoms with Crippen LogP contribution in [-0.2, 0) is 14.1 Å². The maximum Gasteiger partial charge on any atom is 2.00 e. The molecule has 2 atom stereocenters. The van der Waals surface area contributed by atoms with E-state index in [9.17, 15) is 4.79 Å². The Bertz CT molecular complexity index is 353. The van der Waals surface area contributed by atoms with E-state index in [0.717, 1.165) is 0 Å². The zero-order valence-corrected chi connectivity index (χ0v) is 11.1. The van der Waals surface area contributed by atoms with Crippen molar-refractivity contribution in [2.45, 2.75) is 12.2 Å². The Kier molecular flexibility index (Phi) is 8.76. The van der Waals surface area contributed by atoms with Crippen molar-refractivity contribution in [3.8, 4) is 0 Å². The van der Waals surface area contributed by atoms with E-state index < -0.39 is 44.1 Å². The van der Waals surface area contributed by atoms with Gasteiger partial charge in [-0.2, -0.15) is 0 Å². The molecule has 1 aliphatic rings. The summed E-state index contributed by atoms with van der Waals surface area (Å²) in [5.74, 6) is -2.78. The van der Waals surface area contributed by atoms with Crippen LogP contribution in [0.5, 0.6) is 0 Å². The van der Waals surface area contributed by atoms with Crippen molar-refractivity contribution in [3.05, 3.63) is 11.5 Å². The predicted octanol–water partition coefficient (Wildman–Crippen LogP) is -3.98. The molecule has 1 aliphatic heterocycles. The molecule has 0 amide bonds.